The van der Waals surface area contributed by atoms with Crippen molar-refractivity contribution in [3.63, 3.8) is 0 Å². The van der Waals surface area contributed by atoms with Crippen molar-refractivity contribution in [1.29, 1.82) is 0 Å². The Labute approximate surface area is 613 Å². The van der Waals surface area contributed by atoms with E-state index in [9.17, 15) is 0 Å². The predicted octanol–water partition coefficient (Wildman–Crippen LogP) is 23.8. The summed E-state index contributed by atoms with van der Waals surface area (Å²) in [5, 5.41) is 17.5. The molecule has 0 bridgehead atoms. The lowest BCUT2D eigenvalue weighted by molar-refractivity contribution is 0.584. The third-order valence-electron chi connectivity index (χ3n) is 21.5. The minimum absolute atomic E-state index is 0.461. The zero-order valence-corrected chi connectivity index (χ0v) is 57.3. The van der Waals surface area contributed by atoms with Crippen molar-refractivity contribution in [3.8, 4) is 135 Å². The third kappa shape index (κ3) is 10.2. The van der Waals surface area contributed by atoms with Gasteiger partial charge in [-0.15, -0.1) is 20.4 Å². The Hall–Kier alpha value is -14.1. The maximum absolute atomic E-state index is 6.16. The average molecular weight is 1360 g/mol. The van der Waals surface area contributed by atoms with E-state index in [1.165, 1.54) is 66.8 Å². The molecule has 8 nitrogen and oxygen atoms in total. The van der Waals surface area contributed by atoms with E-state index in [0.29, 0.717) is 23.6 Å². The molecule has 3 aromatic heterocycles. The maximum Gasteiger partial charge on any atom is 0.248 e. The molecule has 18 aromatic rings. The Morgan fingerprint density at radius 1 is 0.179 bits per heavy atom. The number of hydrogen-bond donors (Lipinski definition) is 0. The highest BCUT2D eigenvalue weighted by molar-refractivity contribution is 5.99. The van der Waals surface area contributed by atoms with Crippen molar-refractivity contribution >= 4 is 11.0 Å². The molecule has 496 valence electrons. The molecule has 0 saturated heterocycles. The second-order valence-electron chi connectivity index (χ2n) is 27.2. The minimum atomic E-state index is -0.635. The van der Waals surface area contributed by atoms with E-state index in [2.05, 4.69) is 312 Å². The highest BCUT2D eigenvalue weighted by atomic mass is 16.4. The first kappa shape index (κ1) is 61.8. The summed E-state index contributed by atoms with van der Waals surface area (Å²) in [5.41, 5.74) is 30.1. The fraction of sp³-hybridized carbons (Fsp3) is 0.0204. The quantitative estimate of drug-likeness (QED) is 0.106. The van der Waals surface area contributed by atoms with Gasteiger partial charge in [0.15, 0.2) is 0 Å². The van der Waals surface area contributed by atoms with Crippen LogP contribution in [0.15, 0.2) is 385 Å². The van der Waals surface area contributed by atoms with Gasteiger partial charge >= 0.3 is 0 Å². The van der Waals surface area contributed by atoms with Crippen LogP contribution in [0.3, 0.4) is 0 Å². The first-order valence-electron chi connectivity index (χ1n) is 35.8. The number of aromatic nitrogens is 6. The van der Waals surface area contributed by atoms with Crippen LogP contribution >= 0.6 is 0 Å². The van der Waals surface area contributed by atoms with E-state index in [4.69, 9.17) is 18.8 Å². The standard InChI is InChI=1S/C98H62N6O2/c1-7-23-69(24-8-1)93-101-103-95(105-93)71-51-43-65(44-52-71)63-39-47-67(48-40-63)91-92(68-49-41-64(42-50-68)66-45-53-72(54-46-66)96-104-102-94(106-96)70-25-9-2-10-26-70)100-90-62-84(74-56-58-82-80-36-20-22-38-86(80)98(88(82)60-74,77-31-15-5-16-32-77)78-33-17-6-18-34-78)83(61-89(90)99-91)73-55-57-81-79-35-19-21-37-85(79)97(87(81)59-73,75-27-11-3-12-28-75)76-29-13-4-14-30-76/h1-62H. The highest BCUT2D eigenvalue weighted by Gasteiger charge is 2.48. The summed E-state index contributed by atoms with van der Waals surface area (Å²) in [7, 11) is 0. The molecule has 20 rings (SSSR count). The summed E-state index contributed by atoms with van der Waals surface area (Å²) in [6.45, 7) is 0. The van der Waals surface area contributed by atoms with E-state index < -0.39 is 10.8 Å². The summed E-state index contributed by atoms with van der Waals surface area (Å²) >= 11 is 0. The summed E-state index contributed by atoms with van der Waals surface area (Å²) in [6, 6.07) is 135. The zero-order chi connectivity index (χ0) is 70.1. The van der Waals surface area contributed by atoms with Crippen molar-refractivity contribution in [2.45, 2.75) is 10.8 Å². The van der Waals surface area contributed by atoms with Crippen LogP contribution in [0, 0.1) is 0 Å². The van der Waals surface area contributed by atoms with Crippen LogP contribution in [0.1, 0.15) is 44.5 Å². The molecular formula is C98H62N6O2. The largest absolute Gasteiger partial charge is 0.416 e. The Morgan fingerprint density at radius 3 is 0.745 bits per heavy atom. The van der Waals surface area contributed by atoms with Gasteiger partial charge in [-0.05, 0) is 184 Å². The van der Waals surface area contributed by atoms with Crippen LogP contribution < -0.4 is 0 Å². The van der Waals surface area contributed by atoms with E-state index in [0.717, 1.165) is 100 Å². The molecule has 0 saturated carbocycles. The average Bonchev–Trinajstić information content (AvgIpc) is 1.54. The summed E-state index contributed by atoms with van der Waals surface area (Å²) < 4.78 is 12.3. The van der Waals surface area contributed by atoms with Gasteiger partial charge in [-0.3, -0.25) is 0 Å². The molecule has 0 atom stereocenters. The summed E-state index contributed by atoms with van der Waals surface area (Å²) in [5.74, 6) is 1.88. The molecule has 0 fully saturated rings. The third-order valence-corrected chi connectivity index (χ3v) is 21.5. The number of benzene rings is 15. The molecular weight excluding hydrogens is 1290 g/mol. The second-order valence-corrected chi connectivity index (χ2v) is 27.2. The van der Waals surface area contributed by atoms with Crippen LogP contribution in [0.5, 0.6) is 0 Å². The lowest BCUT2D eigenvalue weighted by Gasteiger charge is -2.34. The number of fused-ring (bicyclic) bond motifs is 7. The summed E-state index contributed by atoms with van der Waals surface area (Å²) in [6.07, 6.45) is 0. The topological polar surface area (TPSA) is 104 Å². The van der Waals surface area contributed by atoms with E-state index in [1.54, 1.807) is 0 Å². The summed E-state index contributed by atoms with van der Waals surface area (Å²) in [4.78, 5) is 11.7. The molecule has 0 spiro atoms. The molecule has 0 N–H and O–H groups in total. The second kappa shape index (κ2) is 25.5. The Morgan fingerprint density at radius 2 is 0.425 bits per heavy atom. The lowest BCUT2D eigenvalue weighted by Crippen LogP contribution is -2.28. The van der Waals surface area contributed by atoms with Gasteiger partial charge in [-0.1, -0.05) is 303 Å². The molecule has 8 heteroatoms. The smallest absolute Gasteiger partial charge is 0.248 e. The Balaban J connectivity index is 0.773. The number of hydrogen-bond acceptors (Lipinski definition) is 8. The molecule has 3 heterocycles. The van der Waals surface area contributed by atoms with Gasteiger partial charge in [0.1, 0.15) is 0 Å². The van der Waals surface area contributed by atoms with Crippen LogP contribution in [-0.2, 0) is 10.8 Å². The van der Waals surface area contributed by atoms with Crippen molar-refractivity contribution in [1.82, 2.24) is 30.4 Å². The van der Waals surface area contributed by atoms with Crippen molar-refractivity contribution in [2.75, 3.05) is 0 Å². The monoisotopic (exact) mass is 1350 g/mol. The van der Waals surface area contributed by atoms with Gasteiger partial charge < -0.3 is 8.83 Å². The van der Waals surface area contributed by atoms with Crippen molar-refractivity contribution in [3.05, 3.63) is 421 Å². The molecule has 0 aliphatic heterocycles. The van der Waals surface area contributed by atoms with Crippen LogP contribution in [0.25, 0.3) is 146 Å². The minimum Gasteiger partial charge on any atom is -0.416 e. The fourth-order valence-corrected chi connectivity index (χ4v) is 16.5. The van der Waals surface area contributed by atoms with E-state index >= 15 is 0 Å². The molecule has 15 aromatic carbocycles. The Bertz CT molecular complexity index is 5860. The van der Waals surface area contributed by atoms with Crippen molar-refractivity contribution in [2.24, 2.45) is 0 Å². The molecule has 2 aliphatic rings. The number of rotatable bonds is 14. The number of nitrogens with zero attached hydrogens (tertiary/aromatic N) is 6. The Kier molecular flexibility index (Phi) is 14.8. The SMILES string of the molecule is c1ccc(-c2nnc(-c3ccc(-c4ccc(-c5nc6cc(-c7ccc8c(c7)C(c7ccccc7)(c7ccccc7)c7ccccc7-8)c(-c7ccc8c(c7)C(c7ccccc7)(c7ccccc7)c7ccccc7-8)cc6nc5-c5ccc(-c6ccc(-c7nnc(-c8ccccc8)o7)cc6)cc5)cc4)cc3)o2)cc1. The molecule has 0 radical (unpaired) electrons. The van der Waals surface area contributed by atoms with E-state index in [1.807, 2.05) is 84.9 Å². The molecule has 106 heavy (non-hydrogen) atoms. The molecule has 0 amide bonds. The maximum atomic E-state index is 6.16. The zero-order valence-electron chi connectivity index (χ0n) is 57.3. The highest BCUT2D eigenvalue weighted by Crippen LogP contribution is 2.59. The molecule has 0 unspecified atom stereocenters. The van der Waals surface area contributed by atoms with Crippen molar-refractivity contribution < 1.29 is 8.83 Å². The van der Waals surface area contributed by atoms with E-state index in [-0.39, 0.29) is 0 Å². The van der Waals surface area contributed by atoms with Crippen LogP contribution in [0.4, 0.5) is 0 Å². The normalized spacial score (nSPS) is 12.9. The van der Waals surface area contributed by atoms with Crippen LogP contribution in [-0.4, -0.2) is 30.4 Å². The predicted molar refractivity (Wildman–Crippen MR) is 424 cm³/mol. The van der Waals surface area contributed by atoms with Crippen LogP contribution in [0.2, 0.25) is 0 Å². The first-order valence-corrected chi connectivity index (χ1v) is 35.8. The van der Waals surface area contributed by atoms with Gasteiger partial charge in [0.05, 0.1) is 33.3 Å². The van der Waals surface area contributed by atoms with Gasteiger partial charge in [0.25, 0.3) is 0 Å². The van der Waals surface area contributed by atoms with Gasteiger partial charge in [-0.2, -0.15) is 0 Å². The molecule has 2 aliphatic carbocycles. The fourth-order valence-electron chi connectivity index (χ4n) is 16.5. The van der Waals surface area contributed by atoms with Gasteiger partial charge in [0.2, 0.25) is 23.6 Å². The van der Waals surface area contributed by atoms with Gasteiger partial charge in [-0.25, -0.2) is 9.97 Å². The van der Waals surface area contributed by atoms with Gasteiger partial charge in [0, 0.05) is 33.4 Å². The first-order chi connectivity index (χ1) is 52.5. The lowest BCUT2D eigenvalue weighted by atomic mass is 9.67.